The van der Waals surface area contributed by atoms with Crippen LogP contribution in [-0.2, 0) is 23.2 Å². The minimum atomic E-state index is -0.550. The quantitative estimate of drug-likeness (QED) is 0.627. The van der Waals surface area contributed by atoms with Crippen LogP contribution in [0.1, 0.15) is 53.9 Å². The summed E-state index contributed by atoms with van der Waals surface area (Å²) >= 11 is -0.550. The van der Waals surface area contributed by atoms with E-state index < -0.39 is 23.2 Å². The molecule has 0 atom stereocenters. The van der Waals surface area contributed by atoms with Crippen LogP contribution in [-0.4, -0.2) is 0 Å². The maximum atomic E-state index is 2.44. The van der Waals surface area contributed by atoms with Crippen molar-refractivity contribution in [1.82, 2.24) is 0 Å². The molecule has 110 valence electrons. The third-order valence-corrected chi connectivity index (χ3v) is 9.03. The SMILES string of the molecule is CCCC1=[C]([Zr+2][C]2=CC=CC2)C(C)(C)C(C)=C1C.[F-].[F-]. The van der Waals surface area contributed by atoms with Crippen LogP contribution in [0.4, 0.5) is 0 Å². The second-order valence-corrected chi connectivity index (χ2v) is 9.35. The summed E-state index contributed by atoms with van der Waals surface area (Å²) in [5.41, 5.74) is 5.28. The molecule has 2 aliphatic carbocycles. The molecular weight excluding hydrogens is 333 g/mol. The minimum absolute atomic E-state index is 0. The summed E-state index contributed by atoms with van der Waals surface area (Å²) in [6.07, 6.45) is 10.7. The fraction of sp³-hybridized carbons (Fsp3) is 0.529. The van der Waals surface area contributed by atoms with Crippen LogP contribution < -0.4 is 9.41 Å². The molecule has 0 radical (unpaired) electrons. The van der Waals surface area contributed by atoms with Crippen LogP contribution in [0.25, 0.3) is 0 Å². The minimum Gasteiger partial charge on any atom is -1.00 e. The predicted molar refractivity (Wildman–Crippen MR) is 75.9 cm³/mol. The van der Waals surface area contributed by atoms with E-state index in [0.29, 0.717) is 5.41 Å². The van der Waals surface area contributed by atoms with Crippen molar-refractivity contribution < 1.29 is 32.6 Å². The van der Waals surface area contributed by atoms with E-state index in [0.717, 1.165) is 0 Å². The first-order valence-electron chi connectivity index (χ1n) is 7.03. The predicted octanol–water partition coefficient (Wildman–Crippen LogP) is -0.649. The first kappa shape index (κ1) is 19.7. The standard InChI is InChI=1S/C12H19.C5H5.2FH.Zr/c1-6-7-11-8-12(4,5)10(3)9(11)2;1-2-4-5-3-1;;;/h6-7H2,1-5H3;1-3H,4H2;2*1H;/q;;;;+2/p-2. The molecule has 3 heteroatoms. The topological polar surface area (TPSA) is 0 Å². The largest absolute Gasteiger partial charge is 1.00 e. The van der Waals surface area contributed by atoms with Gasteiger partial charge in [-0.15, -0.1) is 0 Å². The van der Waals surface area contributed by atoms with Gasteiger partial charge in [0.2, 0.25) is 0 Å². The normalized spacial score (nSPS) is 19.6. The van der Waals surface area contributed by atoms with E-state index in [-0.39, 0.29) is 9.41 Å². The van der Waals surface area contributed by atoms with Crippen molar-refractivity contribution in [1.29, 1.82) is 0 Å². The molecule has 0 aromatic carbocycles. The van der Waals surface area contributed by atoms with Gasteiger partial charge in [0.1, 0.15) is 0 Å². The van der Waals surface area contributed by atoms with E-state index in [1.807, 2.05) is 3.28 Å². The summed E-state index contributed by atoms with van der Waals surface area (Å²) in [6.45, 7) is 11.9. The zero-order valence-electron chi connectivity index (χ0n) is 13.1. The van der Waals surface area contributed by atoms with Crippen LogP contribution in [0.3, 0.4) is 0 Å². The number of allylic oxidation sites excluding steroid dienone is 8. The van der Waals surface area contributed by atoms with Crippen molar-refractivity contribution in [3.63, 3.8) is 0 Å². The van der Waals surface area contributed by atoms with E-state index >= 15 is 0 Å². The summed E-state index contributed by atoms with van der Waals surface area (Å²) in [7, 11) is 0. The average molecular weight is 358 g/mol. The summed E-state index contributed by atoms with van der Waals surface area (Å²) in [5.74, 6) is 0. The van der Waals surface area contributed by atoms with Crippen molar-refractivity contribution in [3.05, 3.63) is 41.5 Å². The molecule has 20 heavy (non-hydrogen) atoms. The fourth-order valence-corrected chi connectivity index (χ4v) is 7.08. The second-order valence-electron chi connectivity index (χ2n) is 5.93. The Balaban J connectivity index is 0.00000180. The summed E-state index contributed by atoms with van der Waals surface area (Å²) in [5, 5.41) is 0. The van der Waals surface area contributed by atoms with Gasteiger partial charge < -0.3 is 9.41 Å². The van der Waals surface area contributed by atoms with Crippen molar-refractivity contribution in [3.8, 4) is 0 Å². The number of halogens is 2. The fourth-order valence-electron chi connectivity index (χ4n) is 2.94. The monoisotopic (exact) mass is 356 g/mol. The Morgan fingerprint density at radius 3 is 2.35 bits per heavy atom. The van der Waals surface area contributed by atoms with Gasteiger partial charge in [0.25, 0.3) is 0 Å². The van der Waals surface area contributed by atoms with Gasteiger partial charge in [-0.1, -0.05) is 0 Å². The van der Waals surface area contributed by atoms with Gasteiger partial charge in [0, 0.05) is 0 Å². The van der Waals surface area contributed by atoms with Gasteiger partial charge in [-0.05, 0) is 0 Å². The molecule has 0 unspecified atom stereocenters. The number of rotatable bonds is 4. The molecule has 0 aromatic heterocycles. The zero-order valence-corrected chi connectivity index (χ0v) is 15.6. The van der Waals surface area contributed by atoms with Gasteiger partial charge in [0.15, 0.2) is 0 Å². The molecule has 0 bridgehead atoms. The Morgan fingerprint density at radius 1 is 1.20 bits per heavy atom. The van der Waals surface area contributed by atoms with Crippen LogP contribution in [0, 0.1) is 5.41 Å². The van der Waals surface area contributed by atoms with Crippen molar-refractivity contribution in [2.75, 3.05) is 0 Å². The molecule has 0 nitrogen and oxygen atoms in total. The number of hydrogen-bond donors (Lipinski definition) is 0. The van der Waals surface area contributed by atoms with Crippen LogP contribution in [0.15, 0.2) is 41.5 Å². The van der Waals surface area contributed by atoms with E-state index in [1.165, 1.54) is 19.3 Å². The van der Waals surface area contributed by atoms with E-state index in [4.69, 9.17) is 0 Å². The van der Waals surface area contributed by atoms with Crippen molar-refractivity contribution in [2.24, 2.45) is 5.41 Å². The van der Waals surface area contributed by atoms with Crippen LogP contribution in [0.2, 0.25) is 0 Å². The zero-order chi connectivity index (χ0) is 13.3. The van der Waals surface area contributed by atoms with E-state index in [9.17, 15) is 0 Å². The first-order chi connectivity index (χ1) is 8.48. The van der Waals surface area contributed by atoms with Crippen molar-refractivity contribution in [2.45, 2.75) is 53.9 Å². The molecule has 2 aliphatic rings. The maximum absolute atomic E-state index is 2.44. The third-order valence-electron chi connectivity index (χ3n) is 4.44. The Labute approximate surface area is 133 Å². The Kier molecular flexibility index (Phi) is 7.52. The molecule has 0 spiro atoms. The van der Waals surface area contributed by atoms with E-state index in [1.54, 1.807) is 20.0 Å². The maximum Gasteiger partial charge on any atom is -1.00 e. The first-order valence-corrected chi connectivity index (χ1v) is 9.49. The molecule has 0 heterocycles. The van der Waals surface area contributed by atoms with Crippen LogP contribution in [0.5, 0.6) is 0 Å². The van der Waals surface area contributed by atoms with E-state index in [2.05, 4.69) is 52.8 Å². The van der Waals surface area contributed by atoms with Gasteiger partial charge in [-0.2, -0.15) is 0 Å². The summed E-state index contributed by atoms with van der Waals surface area (Å²) < 4.78 is 3.59. The third kappa shape index (κ3) is 3.47. The molecule has 0 aliphatic heterocycles. The van der Waals surface area contributed by atoms with Crippen LogP contribution >= 0.6 is 0 Å². The second kappa shape index (κ2) is 7.64. The van der Waals surface area contributed by atoms with Gasteiger partial charge in [-0.3, -0.25) is 0 Å². The van der Waals surface area contributed by atoms with Gasteiger partial charge >= 0.3 is 124 Å². The van der Waals surface area contributed by atoms with Crippen molar-refractivity contribution >= 4 is 0 Å². The van der Waals surface area contributed by atoms with Gasteiger partial charge in [0.05, 0.1) is 0 Å². The summed E-state index contributed by atoms with van der Waals surface area (Å²) in [6, 6.07) is 0. The molecule has 0 N–H and O–H groups in total. The Hall–Kier alpha value is -0.297. The molecule has 0 amide bonds. The molecular formula is C17H24F2Zr. The molecule has 0 saturated heterocycles. The Bertz CT molecular complexity index is 479. The molecule has 2 rings (SSSR count). The molecule has 0 aromatic rings. The molecule has 0 saturated carbocycles. The average Bonchev–Trinajstić information content (AvgIpc) is 2.88. The molecule has 0 fully saturated rings. The smallest absolute Gasteiger partial charge is 1.00 e. The number of hydrogen-bond acceptors (Lipinski definition) is 0. The Morgan fingerprint density at radius 2 is 1.85 bits per heavy atom. The summed E-state index contributed by atoms with van der Waals surface area (Å²) in [4.78, 5) is 0. The van der Waals surface area contributed by atoms with Gasteiger partial charge in [-0.25, -0.2) is 0 Å².